The Morgan fingerprint density at radius 2 is 2.21 bits per heavy atom. The highest BCUT2D eigenvalue weighted by atomic mass is 35.5. The van der Waals surface area contributed by atoms with E-state index in [4.69, 9.17) is 21.2 Å². The van der Waals surface area contributed by atoms with Gasteiger partial charge in [-0.1, -0.05) is 22.8 Å². The fraction of sp³-hybridized carbons (Fsp3) is 0.0667. The highest BCUT2D eigenvalue weighted by molar-refractivity contribution is 6.31. The molecular weight excluding hydrogens is 336 g/mol. The number of oxime groups is 1. The molecule has 0 saturated heterocycles. The van der Waals surface area contributed by atoms with Crippen molar-refractivity contribution in [2.24, 2.45) is 5.16 Å². The monoisotopic (exact) mass is 346 g/mol. The first-order chi connectivity index (χ1) is 11.5. The Morgan fingerprint density at radius 1 is 1.42 bits per heavy atom. The second-order valence-electron chi connectivity index (χ2n) is 4.95. The molecule has 24 heavy (non-hydrogen) atoms. The van der Waals surface area contributed by atoms with Gasteiger partial charge < -0.3 is 9.62 Å². The number of hydrogen-bond acceptors (Lipinski definition) is 6. The number of halogens is 1. The van der Waals surface area contributed by atoms with Crippen LogP contribution in [-0.4, -0.2) is 26.1 Å². The molecule has 0 amide bonds. The molecule has 3 rings (SSSR count). The van der Waals surface area contributed by atoms with Crippen LogP contribution in [0.2, 0.25) is 5.02 Å². The molecule has 8 nitrogen and oxygen atoms in total. The molecule has 0 unspecified atom stereocenters. The third-order valence-corrected chi connectivity index (χ3v) is 3.77. The summed E-state index contributed by atoms with van der Waals surface area (Å²) in [5, 5.41) is 27.5. The molecule has 2 aromatic heterocycles. The van der Waals surface area contributed by atoms with E-state index in [1.54, 1.807) is 12.3 Å². The normalized spacial score (nSPS) is 11.2. The fourth-order valence-corrected chi connectivity index (χ4v) is 2.32. The van der Waals surface area contributed by atoms with E-state index in [1.165, 1.54) is 23.0 Å². The molecule has 0 saturated carbocycles. The number of rotatable bonds is 4. The third kappa shape index (κ3) is 2.86. The van der Waals surface area contributed by atoms with Gasteiger partial charge in [-0.3, -0.25) is 10.1 Å². The Hall–Kier alpha value is -3.13. The smallest absolute Gasteiger partial charge is 0.411 e. The zero-order chi connectivity index (χ0) is 17.3. The zero-order valence-electron chi connectivity index (χ0n) is 12.4. The summed E-state index contributed by atoms with van der Waals surface area (Å²) in [5.74, 6) is -0.210. The number of nitrogens with zero attached hydrogens (tertiary/aromatic N) is 4. The Balaban J connectivity index is 2.10. The number of benzene rings is 1. The van der Waals surface area contributed by atoms with Gasteiger partial charge in [0.2, 0.25) is 0 Å². The van der Waals surface area contributed by atoms with Crippen molar-refractivity contribution in [2.75, 3.05) is 0 Å². The fourth-order valence-electron chi connectivity index (χ4n) is 2.15. The van der Waals surface area contributed by atoms with E-state index in [0.717, 1.165) is 5.56 Å². The molecule has 0 bridgehead atoms. The van der Waals surface area contributed by atoms with Gasteiger partial charge in [-0.25, -0.2) is 4.68 Å². The van der Waals surface area contributed by atoms with E-state index in [0.29, 0.717) is 22.0 Å². The second kappa shape index (κ2) is 6.17. The van der Waals surface area contributed by atoms with E-state index in [1.807, 2.05) is 19.1 Å². The van der Waals surface area contributed by atoms with Gasteiger partial charge in [-0.05, 0) is 30.7 Å². The Labute approximate surface area is 140 Å². The van der Waals surface area contributed by atoms with E-state index < -0.39 is 10.8 Å². The van der Waals surface area contributed by atoms with Crippen LogP contribution in [0, 0.1) is 17.0 Å². The standard InChI is InChI=1S/C15H11ClN4O4/c1-9-2-3-11(6-12(9)16)19-8-10(7-17-21)15(18-19)13-4-5-14(24-13)20(22)23/h2-8,21H,1H3. The van der Waals surface area contributed by atoms with Gasteiger partial charge in [0, 0.05) is 16.8 Å². The largest absolute Gasteiger partial charge is 0.433 e. The van der Waals surface area contributed by atoms with Gasteiger partial charge in [0.1, 0.15) is 10.6 Å². The molecule has 0 radical (unpaired) electrons. The first kappa shape index (κ1) is 15.8. The molecule has 0 fully saturated rings. The zero-order valence-corrected chi connectivity index (χ0v) is 13.1. The van der Waals surface area contributed by atoms with Crippen LogP contribution in [0.4, 0.5) is 5.88 Å². The van der Waals surface area contributed by atoms with Crippen LogP contribution in [0.25, 0.3) is 17.1 Å². The van der Waals surface area contributed by atoms with Gasteiger partial charge in [0.05, 0.1) is 18.0 Å². The first-order valence-electron chi connectivity index (χ1n) is 6.78. The average molecular weight is 347 g/mol. The number of nitro groups is 1. The Morgan fingerprint density at radius 3 is 2.83 bits per heavy atom. The molecule has 0 aliphatic heterocycles. The van der Waals surface area contributed by atoms with Crippen molar-refractivity contribution in [3.05, 3.63) is 62.8 Å². The van der Waals surface area contributed by atoms with Crippen molar-refractivity contribution in [2.45, 2.75) is 6.92 Å². The highest BCUT2D eigenvalue weighted by Gasteiger charge is 2.19. The third-order valence-electron chi connectivity index (χ3n) is 3.36. The molecule has 0 aliphatic carbocycles. The molecule has 122 valence electrons. The second-order valence-corrected chi connectivity index (χ2v) is 5.36. The Kier molecular flexibility index (Phi) is 4.05. The lowest BCUT2D eigenvalue weighted by molar-refractivity contribution is -0.401. The molecule has 3 aromatic rings. The average Bonchev–Trinajstić information content (AvgIpc) is 3.17. The van der Waals surface area contributed by atoms with Crippen molar-refractivity contribution < 1.29 is 14.5 Å². The summed E-state index contributed by atoms with van der Waals surface area (Å²) < 4.78 is 6.69. The molecule has 0 aliphatic rings. The quantitative estimate of drug-likeness (QED) is 0.334. The minimum atomic E-state index is -0.639. The number of hydrogen-bond donors (Lipinski definition) is 1. The van der Waals surface area contributed by atoms with Gasteiger partial charge in [-0.15, -0.1) is 0 Å². The molecule has 9 heteroatoms. The predicted molar refractivity (Wildman–Crippen MR) is 87.0 cm³/mol. The summed E-state index contributed by atoms with van der Waals surface area (Å²) in [6.45, 7) is 1.88. The summed E-state index contributed by atoms with van der Waals surface area (Å²) >= 11 is 6.13. The summed E-state index contributed by atoms with van der Waals surface area (Å²) in [6.07, 6.45) is 2.77. The van der Waals surface area contributed by atoms with Crippen LogP contribution in [0.1, 0.15) is 11.1 Å². The van der Waals surface area contributed by atoms with Crippen molar-refractivity contribution in [1.82, 2.24) is 9.78 Å². The minimum absolute atomic E-state index is 0.188. The SMILES string of the molecule is Cc1ccc(-n2cc(C=NO)c(-c3ccc([N+](=O)[O-])o3)n2)cc1Cl. The van der Waals surface area contributed by atoms with E-state index in [-0.39, 0.29) is 5.76 Å². The Bertz CT molecular complexity index is 945. The van der Waals surface area contributed by atoms with Crippen LogP contribution in [0.3, 0.4) is 0 Å². The van der Waals surface area contributed by atoms with Gasteiger partial charge in [0.25, 0.3) is 0 Å². The van der Waals surface area contributed by atoms with Crippen LogP contribution < -0.4 is 0 Å². The van der Waals surface area contributed by atoms with Gasteiger partial charge in [-0.2, -0.15) is 5.10 Å². The van der Waals surface area contributed by atoms with Crippen molar-refractivity contribution >= 4 is 23.7 Å². The van der Waals surface area contributed by atoms with Crippen LogP contribution >= 0.6 is 11.6 Å². The lowest BCUT2D eigenvalue weighted by Crippen LogP contribution is -1.95. The predicted octanol–water partition coefficient (Wildman–Crippen LogP) is 3.81. The first-order valence-corrected chi connectivity index (χ1v) is 7.15. The van der Waals surface area contributed by atoms with E-state index in [2.05, 4.69) is 10.3 Å². The van der Waals surface area contributed by atoms with Crippen LogP contribution in [0.5, 0.6) is 0 Å². The number of furan rings is 1. The van der Waals surface area contributed by atoms with Crippen LogP contribution in [-0.2, 0) is 0 Å². The topological polar surface area (TPSA) is 107 Å². The molecule has 1 aromatic carbocycles. The minimum Gasteiger partial charge on any atom is -0.411 e. The van der Waals surface area contributed by atoms with Gasteiger partial charge in [0.15, 0.2) is 5.76 Å². The lowest BCUT2D eigenvalue weighted by Gasteiger charge is -2.03. The van der Waals surface area contributed by atoms with Gasteiger partial charge >= 0.3 is 5.88 Å². The maximum Gasteiger partial charge on any atom is 0.433 e. The molecule has 2 heterocycles. The maximum atomic E-state index is 10.8. The highest BCUT2D eigenvalue weighted by Crippen LogP contribution is 2.28. The molecule has 0 atom stereocenters. The molecule has 1 N–H and O–H groups in total. The van der Waals surface area contributed by atoms with E-state index >= 15 is 0 Å². The van der Waals surface area contributed by atoms with Crippen molar-refractivity contribution in [3.63, 3.8) is 0 Å². The lowest BCUT2D eigenvalue weighted by atomic mass is 10.2. The number of aryl methyl sites for hydroxylation is 1. The van der Waals surface area contributed by atoms with E-state index in [9.17, 15) is 10.1 Å². The number of aromatic nitrogens is 2. The summed E-state index contributed by atoms with van der Waals surface area (Å²) in [7, 11) is 0. The van der Waals surface area contributed by atoms with Crippen molar-refractivity contribution in [1.29, 1.82) is 0 Å². The molecule has 0 spiro atoms. The summed E-state index contributed by atoms with van der Waals surface area (Å²) in [6, 6.07) is 8.07. The molecular formula is C15H11ClN4O4. The van der Waals surface area contributed by atoms with Crippen LogP contribution in [0.15, 0.2) is 46.1 Å². The summed E-state index contributed by atoms with van der Waals surface area (Å²) in [4.78, 5) is 10.1. The van der Waals surface area contributed by atoms with Crippen molar-refractivity contribution in [3.8, 4) is 17.1 Å². The summed E-state index contributed by atoms with van der Waals surface area (Å²) in [5.41, 5.74) is 2.34. The maximum absolute atomic E-state index is 10.8.